The lowest BCUT2D eigenvalue weighted by molar-refractivity contribution is -0.125. The Labute approximate surface area is 176 Å². The molecule has 9 heteroatoms. The van der Waals surface area contributed by atoms with Crippen LogP contribution in [0.2, 0.25) is 0 Å². The van der Waals surface area contributed by atoms with Crippen LogP contribution < -0.4 is 11.0 Å². The van der Waals surface area contributed by atoms with E-state index in [1.54, 1.807) is 36.8 Å². The largest absolute Gasteiger partial charge is 0.382 e. The molecule has 1 atom stereocenters. The first-order valence-electron chi connectivity index (χ1n) is 9.74. The summed E-state index contributed by atoms with van der Waals surface area (Å²) in [7, 11) is 0. The zero-order valence-corrected chi connectivity index (χ0v) is 16.4. The summed E-state index contributed by atoms with van der Waals surface area (Å²) in [6.45, 7) is 0.290. The van der Waals surface area contributed by atoms with Crippen LogP contribution in [0.25, 0.3) is 5.65 Å². The first-order valence-corrected chi connectivity index (χ1v) is 9.74. The molecule has 1 aliphatic rings. The standard InChI is InChI=1S/C22H18N6O3/c29-21(19-12-18(26-31-19)16-6-4-9-23-13-16)24-17-7-3-5-15(11-17)14-28-22(30)27-10-2-1-8-20(27)25-28/h1-11,13,19H,12,14H2,(H,24,29). The van der Waals surface area contributed by atoms with Crippen LogP contribution in [0.5, 0.6) is 0 Å². The zero-order chi connectivity index (χ0) is 21.2. The molecule has 0 saturated carbocycles. The smallest absolute Gasteiger partial charge is 0.350 e. The van der Waals surface area contributed by atoms with Gasteiger partial charge >= 0.3 is 5.69 Å². The van der Waals surface area contributed by atoms with Crippen molar-refractivity contribution < 1.29 is 9.63 Å². The highest BCUT2D eigenvalue weighted by Crippen LogP contribution is 2.19. The number of carbonyl (C=O) groups excluding carboxylic acids is 1. The van der Waals surface area contributed by atoms with Gasteiger partial charge in [-0.15, -0.1) is 5.10 Å². The molecule has 0 fully saturated rings. The number of benzene rings is 1. The van der Waals surface area contributed by atoms with Crippen molar-refractivity contribution in [3.8, 4) is 0 Å². The van der Waals surface area contributed by atoms with Gasteiger partial charge in [-0.05, 0) is 42.0 Å². The molecule has 1 N–H and O–H groups in total. The van der Waals surface area contributed by atoms with Gasteiger partial charge in [0, 0.05) is 36.3 Å². The number of hydrogen-bond acceptors (Lipinski definition) is 6. The van der Waals surface area contributed by atoms with Crippen molar-refractivity contribution in [3.63, 3.8) is 0 Å². The molecule has 5 rings (SSSR count). The maximum atomic E-state index is 12.6. The van der Waals surface area contributed by atoms with Gasteiger partial charge in [0.25, 0.3) is 5.91 Å². The number of anilines is 1. The van der Waals surface area contributed by atoms with Crippen LogP contribution >= 0.6 is 0 Å². The van der Waals surface area contributed by atoms with Gasteiger partial charge in [0.15, 0.2) is 5.65 Å². The van der Waals surface area contributed by atoms with Crippen LogP contribution in [0.3, 0.4) is 0 Å². The third-order valence-corrected chi connectivity index (χ3v) is 4.97. The summed E-state index contributed by atoms with van der Waals surface area (Å²) in [6.07, 6.45) is 4.71. The highest BCUT2D eigenvalue weighted by atomic mass is 16.6. The fraction of sp³-hybridized carbons (Fsp3) is 0.136. The summed E-state index contributed by atoms with van der Waals surface area (Å²) in [6, 6.07) is 16.4. The molecule has 1 amide bonds. The van der Waals surface area contributed by atoms with Crippen LogP contribution in [0, 0.1) is 0 Å². The Kier molecular flexibility index (Phi) is 4.75. The molecule has 31 heavy (non-hydrogen) atoms. The zero-order valence-electron chi connectivity index (χ0n) is 16.4. The van der Waals surface area contributed by atoms with Crippen molar-refractivity contribution in [1.29, 1.82) is 0 Å². The molecule has 154 valence electrons. The number of nitrogens with one attached hydrogen (secondary N) is 1. The van der Waals surface area contributed by atoms with Gasteiger partial charge in [-0.25, -0.2) is 9.48 Å². The van der Waals surface area contributed by atoms with Crippen LogP contribution in [-0.4, -0.2) is 36.9 Å². The summed E-state index contributed by atoms with van der Waals surface area (Å²) in [5.41, 5.74) is 3.33. The molecule has 0 radical (unpaired) electrons. The molecule has 1 aliphatic heterocycles. The molecule has 0 spiro atoms. The first-order chi connectivity index (χ1) is 15.2. The predicted octanol–water partition coefficient (Wildman–Crippen LogP) is 2.07. The van der Waals surface area contributed by atoms with E-state index in [2.05, 4.69) is 20.6 Å². The van der Waals surface area contributed by atoms with Gasteiger partial charge in [0.2, 0.25) is 6.10 Å². The van der Waals surface area contributed by atoms with Crippen molar-refractivity contribution in [2.75, 3.05) is 5.32 Å². The third kappa shape index (κ3) is 3.80. The number of fused-ring (bicyclic) bond motifs is 1. The van der Waals surface area contributed by atoms with E-state index in [1.165, 1.54) is 9.08 Å². The van der Waals surface area contributed by atoms with Gasteiger partial charge in [-0.2, -0.15) is 0 Å². The van der Waals surface area contributed by atoms with E-state index < -0.39 is 6.10 Å². The second-order valence-electron chi connectivity index (χ2n) is 7.14. The van der Waals surface area contributed by atoms with Gasteiger partial charge in [-0.3, -0.25) is 14.2 Å². The SMILES string of the molecule is O=C(Nc1cccc(Cn2nc3ccccn3c2=O)c1)C1CC(c2cccnc2)=NO1. The molecule has 9 nitrogen and oxygen atoms in total. The van der Waals surface area contributed by atoms with Crippen LogP contribution in [0.1, 0.15) is 17.5 Å². The minimum absolute atomic E-state index is 0.218. The Hall–Kier alpha value is -4.27. The van der Waals surface area contributed by atoms with Gasteiger partial charge in [-0.1, -0.05) is 23.4 Å². The van der Waals surface area contributed by atoms with Crippen LogP contribution in [0.4, 0.5) is 5.69 Å². The van der Waals surface area contributed by atoms with Crippen molar-refractivity contribution in [2.45, 2.75) is 19.1 Å². The van der Waals surface area contributed by atoms with E-state index >= 15 is 0 Å². The summed E-state index contributed by atoms with van der Waals surface area (Å²) >= 11 is 0. The maximum Gasteiger partial charge on any atom is 0.350 e. The number of amides is 1. The number of pyridine rings is 2. The Morgan fingerprint density at radius 3 is 2.94 bits per heavy atom. The van der Waals surface area contributed by atoms with Crippen molar-refractivity contribution in [2.24, 2.45) is 5.16 Å². The lowest BCUT2D eigenvalue weighted by Crippen LogP contribution is -2.28. The highest BCUT2D eigenvalue weighted by molar-refractivity contribution is 6.05. The number of oxime groups is 1. The van der Waals surface area contributed by atoms with Crippen LogP contribution in [-0.2, 0) is 16.2 Å². The first kappa shape index (κ1) is 18.7. The highest BCUT2D eigenvalue weighted by Gasteiger charge is 2.29. The minimum Gasteiger partial charge on any atom is -0.382 e. The van der Waals surface area contributed by atoms with E-state index in [-0.39, 0.29) is 11.6 Å². The quantitative estimate of drug-likeness (QED) is 0.539. The average Bonchev–Trinajstić information content (AvgIpc) is 3.41. The molecule has 1 unspecified atom stereocenters. The minimum atomic E-state index is -0.708. The lowest BCUT2D eigenvalue weighted by Gasteiger charge is -2.10. The van der Waals surface area contributed by atoms with E-state index in [0.717, 1.165) is 11.1 Å². The van der Waals surface area contributed by atoms with E-state index in [4.69, 9.17) is 4.84 Å². The maximum absolute atomic E-state index is 12.6. The summed E-state index contributed by atoms with van der Waals surface area (Å²) < 4.78 is 2.88. The molecular formula is C22H18N6O3. The number of aromatic nitrogens is 4. The van der Waals surface area contributed by atoms with Gasteiger partial charge < -0.3 is 10.2 Å². The Morgan fingerprint density at radius 1 is 1.16 bits per heavy atom. The summed E-state index contributed by atoms with van der Waals surface area (Å²) in [5.74, 6) is -0.287. The molecule has 3 aromatic heterocycles. The topological polar surface area (TPSA) is 103 Å². The average molecular weight is 414 g/mol. The molecule has 1 aromatic carbocycles. The Morgan fingerprint density at radius 2 is 2.10 bits per heavy atom. The van der Waals surface area contributed by atoms with E-state index in [1.807, 2.05) is 36.4 Å². The number of hydrogen-bond donors (Lipinski definition) is 1. The predicted molar refractivity (Wildman–Crippen MR) is 114 cm³/mol. The van der Waals surface area contributed by atoms with E-state index in [9.17, 15) is 9.59 Å². The summed E-state index contributed by atoms with van der Waals surface area (Å²) in [5, 5.41) is 11.2. The molecule has 0 bridgehead atoms. The molecule has 0 aliphatic carbocycles. The number of nitrogens with zero attached hydrogens (tertiary/aromatic N) is 5. The molecule has 0 saturated heterocycles. The molecule has 4 heterocycles. The van der Waals surface area contributed by atoms with Crippen molar-refractivity contribution >= 4 is 23.0 Å². The monoisotopic (exact) mass is 414 g/mol. The second kappa shape index (κ2) is 7.86. The summed E-state index contributed by atoms with van der Waals surface area (Å²) in [4.78, 5) is 34.5. The van der Waals surface area contributed by atoms with E-state index in [0.29, 0.717) is 30.0 Å². The Bertz CT molecular complexity index is 1340. The normalized spacial score (nSPS) is 15.5. The molecule has 4 aromatic rings. The number of carbonyl (C=O) groups is 1. The third-order valence-electron chi connectivity index (χ3n) is 4.97. The van der Waals surface area contributed by atoms with Gasteiger partial charge in [0.05, 0.1) is 12.3 Å². The fourth-order valence-electron chi connectivity index (χ4n) is 3.44. The Balaban J connectivity index is 1.27. The second-order valence-corrected chi connectivity index (χ2v) is 7.14. The fourth-order valence-corrected chi connectivity index (χ4v) is 3.44. The van der Waals surface area contributed by atoms with Crippen LogP contribution in [0.15, 0.2) is 83.1 Å². The lowest BCUT2D eigenvalue weighted by atomic mass is 10.1. The van der Waals surface area contributed by atoms with Crippen molar-refractivity contribution in [1.82, 2.24) is 19.2 Å². The number of rotatable bonds is 5. The van der Waals surface area contributed by atoms with Gasteiger partial charge in [0.1, 0.15) is 0 Å². The van der Waals surface area contributed by atoms with Crippen molar-refractivity contribution in [3.05, 3.63) is 94.8 Å². The molecular weight excluding hydrogens is 396 g/mol.